The molecule has 0 saturated carbocycles. The molecule has 2 heterocycles. The van der Waals surface area contributed by atoms with Crippen LogP contribution in [0.5, 0.6) is 0 Å². The van der Waals surface area contributed by atoms with E-state index in [0.717, 1.165) is 12.8 Å². The van der Waals surface area contributed by atoms with Crippen LogP contribution in [0.15, 0.2) is 16.8 Å². The van der Waals surface area contributed by atoms with E-state index in [0.29, 0.717) is 18.7 Å². The molecule has 2 amide bonds. The smallest absolute Gasteiger partial charge is 0.252 e. The first-order chi connectivity index (χ1) is 9.08. The van der Waals surface area contributed by atoms with Gasteiger partial charge in [0, 0.05) is 30.1 Å². The SMILES string of the molecule is C[C@@H](N)C(=O)N1CCC(NC(=O)c2ccsc2)CC1. The lowest BCUT2D eigenvalue weighted by Crippen LogP contribution is -2.50. The maximum absolute atomic E-state index is 11.9. The predicted octanol–water partition coefficient (Wildman–Crippen LogP) is 0.816. The van der Waals surface area contributed by atoms with Gasteiger partial charge in [-0.05, 0) is 31.2 Å². The summed E-state index contributed by atoms with van der Waals surface area (Å²) in [7, 11) is 0. The number of hydrogen-bond donors (Lipinski definition) is 2. The van der Waals surface area contributed by atoms with Gasteiger partial charge in [-0.2, -0.15) is 11.3 Å². The second-order valence-electron chi connectivity index (χ2n) is 4.87. The number of nitrogens with two attached hydrogens (primary N) is 1. The molecule has 104 valence electrons. The molecule has 1 aromatic rings. The molecule has 3 N–H and O–H groups in total. The minimum Gasteiger partial charge on any atom is -0.349 e. The zero-order chi connectivity index (χ0) is 13.8. The Morgan fingerprint density at radius 2 is 2.16 bits per heavy atom. The van der Waals surface area contributed by atoms with Crippen molar-refractivity contribution in [3.05, 3.63) is 22.4 Å². The summed E-state index contributed by atoms with van der Waals surface area (Å²) in [6.07, 6.45) is 1.57. The van der Waals surface area contributed by atoms with Crippen molar-refractivity contribution in [2.24, 2.45) is 5.73 Å². The lowest BCUT2D eigenvalue weighted by atomic mass is 10.0. The van der Waals surface area contributed by atoms with Crippen LogP contribution in [0.25, 0.3) is 0 Å². The van der Waals surface area contributed by atoms with E-state index in [1.165, 1.54) is 11.3 Å². The van der Waals surface area contributed by atoms with Crippen LogP contribution in [0.1, 0.15) is 30.1 Å². The zero-order valence-corrected chi connectivity index (χ0v) is 11.8. The van der Waals surface area contributed by atoms with Crippen molar-refractivity contribution >= 4 is 23.2 Å². The van der Waals surface area contributed by atoms with Crippen molar-refractivity contribution in [3.63, 3.8) is 0 Å². The summed E-state index contributed by atoms with van der Waals surface area (Å²) in [5, 5.41) is 6.73. The third kappa shape index (κ3) is 3.54. The van der Waals surface area contributed by atoms with Crippen LogP contribution >= 0.6 is 11.3 Å². The first-order valence-corrected chi connectivity index (χ1v) is 7.39. The van der Waals surface area contributed by atoms with Gasteiger partial charge in [-0.15, -0.1) is 0 Å². The van der Waals surface area contributed by atoms with Crippen molar-refractivity contribution < 1.29 is 9.59 Å². The van der Waals surface area contributed by atoms with Gasteiger partial charge in [0.15, 0.2) is 0 Å². The van der Waals surface area contributed by atoms with Crippen LogP contribution in [0, 0.1) is 0 Å². The lowest BCUT2D eigenvalue weighted by Gasteiger charge is -2.33. The molecule has 0 aliphatic carbocycles. The summed E-state index contributed by atoms with van der Waals surface area (Å²) in [5.74, 6) is -0.0409. The highest BCUT2D eigenvalue weighted by atomic mass is 32.1. The number of nitrogens with one attached hydrogen (secondary N) is 1. The van der Waals surface area contributed by atoms with Gasteiger partial charge < -0.3 is 16.0 Å². The van der Waals surface area contributed by atoms with E-state index >= 15 is 0 Å². The van der Waals surface area contributed by atoms with Gasteiger partial charge >= 0.3 is 0 Å². The van der Waals surface area contributed by atoms with E-state index in [-0.39, 0.29) is 17.9 Å². The van der Waals surface area contributed by atoms with Crippen LogP contribution in [-0.4, -0.2) is 41.9 Å². The molecular formula is C13H19N3O2S. The average Bonchev–Trinajstić information content (AvgIpc) is 2.92. The predicted molar refractivity (Wildman–Crippen MR) is 75.0 cm³/mol. The molecule has 0 unspecified atom stereocenters. The first-order valence-electron chi connectivity index (χ1n) is 6.45. The van der Waals surface area contributed by atoms with Crippen LogP contribution in [0.3, 0.4) is 0 Å². The summed E-state index contributed by atoms with van der Waals surface area (Å²) >= 11 is 1.51. The van der Waals surface area contributed by atoms with Crippen molar-refractivity contribution in [3.8, 4) is 0 Å². The van der Waals surface area contributed by atoms with Gasteiger partial charge in [-0.1, -0.05) is 0 Å². The Balaban J connectivity index is 1.81. The molecule has 1 saturated heterocycles. The number of hydrogen-bond acceptors (Lipinski definition) is 4. The molecule has 0 spiro atoms. The Morgan fingerprint density at radius 3 is 2.68 bits per heavy atom. The zero-order valence-electron chi connectivity index (χ0n) is 11.0. The highest BCUT2D eigenvalue weighted by Gasteiger charge is 2.25. The molecule has 0 bridgehead atoms. The number of rotatable bonds is 3. The molecule has 1 atom stereocenters. The number of carbonyl (C=O) groups excluding carboxylic acids is 2. The Hall–Kier alpha value is -1.40. The highest BCUT2D eigenvalue weighted by Crippen LogP contribution is 2.13. The van der Waals surface area contributed by atoms with E-state index < -0.39 is 6.04 Å². The molecule has 5 nitrogen and oxygen atoms in total. The second-order valence-corrected chi connectivity index (χ2v) is 5.65. The summed E-state index contributed by atoms with van der Waals surface area (Å²) in [4.78, 5) is 25.4. The minimum atomic E-state index is -0.447. The monoisotopic (exact) mass is 281 g/mol. The van der Waals surface area contributed by atoms with Crippen molar-refractivity contribution in [1.82, 2.24) is 10.2 Å². The molecule has 1 aromatic heterocycles. The van der Waals surface area contributed by atoms with Gasteiger partial charge in [-0.3, -0.25) is 9.59 Å². The van der Waals surface area contributed by atoms with Gasteiger partial charge in [0.25, 0.3) is 5.91 Å². The van der Waals surface area contributed by atoms with Crippen LogP contribution < -0.4 is 11.1 Å². The van der Waals surface area contributed by atoms with Gasteiger partial charge in [0.2, 0.25) is 5.91 Å². The number of carbonyl (C=O) groups is 2. The molecule has 2 rings (SSSR count). The van der Waals surface area contributed by atoms with Crippen LogP contribution in [0.2, 0.25) is 0 Å². The fraction of sp³-hybridized carbons (Fsp3) is 0.538. The largest absolute Gasteiger partial charge is 0.349 e. The normalized spacial score (nSPS) is 18.1. The van der Waals surface area contributed by atoms with Gasteiger partial charge in [0.05, 0.1) is 6.04 Å². The molecule has 1 fully saturated rings. The van der Waals surface area contributed by atoms with Crippen molar-refractivity contribution in [2.45, 2.75) is 31.8 Å². The second kappa shape index (κ2) is 6.16. The van der Waals surface area contributed by atoms with E-state index in [1.807, 2.05) is 16.8 Å². The third-order valence-corrected chi connectivity index (χ3v) is 4.00. The number of amides is 2. The Bertz CT molecular complexity index is 437. The van der Waals surface area contributed by atoms with Gasteiger partial charge in [0.1, 0.15) is 0 Å². The maximum atomic E-state index is 11.9. The van der Waals surface area contributed by atoms with E-state index in [1.54, 1.807) is 11.8 Å². The van der Waals surface area contributed by atoms with Crippen molar-refractivity contribution in [2.75, 3.05) is 13.1 Å². The number of thiophene rings is 1. The highest BCUT2D eigenvalue weighted by molar-refractivity contribution is 7.08. The molecule has 0 aromatic carbocycles. The minimum absolute atomic E-state index is 0.0115. The summed E-state index contributed by atoms with van der Waals surface area (Å²) in [6, 6.07) is 1.51. The molecule has 19 heavy (non-hydrogen) atoms. The lowest BCUT2D eigenvalue weighted by molar-refractivity contribution is -0.133. The molecular weight excluding hydrogens is 262 g/mol. The van der Waals surface area contributed by atoms with E-state index in [2.05, 4.69) is 5.32 Å². The van der Waals surface area contributed by atoms with Crippen LogP contribution in [0.4, 0.5) is 0 Å². The number of nitrogens with zero attached hydrogens (tertiary/aromatic N) is 1. The van der Waals surface area contributed by atoms with E-state index in [9.17, 15) is 9.59 Å². The Kier molecular flexibility index (Phi) is 4.55. The standard InChI is InChI=1S/C13H19N3O2S/c1-9(14)13(18)16-5-2-11(3-6-16)15-12(17)10-4-7-19-8-10/h4,7-9,11H,2-3,5-6,14H2,1H3,(H,15,17)/t9-/m1/s1. The first kappa shape index (κ1) is 14.0. The Morgan fingerprint density at radius 1 is 1.47 bits per heavy atom. The Labute approximate surface area is 116 Å². The summed E-state index contributed by atoms with van der Waals surface area (Å²) < 4.78 is 0. The van der Waals surface area contributed by atoms with Crippen LogP contribution in [-0.2, 0) is 4.79 Å². The topological polar surface area (TPSA) is 75.4 Å². The quantitative estimate of drug-likeness (QED) is 0.861. The summed E-state index contributed by atoms with van der Waals surface area (Å²) in [6.45, 7) is 3.02. The number of piperidine rings is 1. The third-order valence-electron chi connectivity index (χ3n) is 3.31. The maximum Gasteiger partial charge on any atom is 0.252 e. The van der Waals surface area contributed by atoms with Gasteiger partial charge in [-0.25, -0.2) is 0 Å². The molecule has 1 aliphatic rings. The fourth-order valence-corrected chi connectivity index (χ4v) is 2.83. The average molecular weight is 281 g/mol. The van der Waals surface area contributed by atoms with E-state index in [4.69, 9.17) is 5.73 Å². The fourth-order valence-electron chi connectivity index (χ4n) is 2.19. The number of likely N-dealkylation sites (tertiary alicyclic amines) is 1. The molecule has 6 heteroatoms. The molecule has 1 aliphatic heterocycles. The van der Waals surface area contributed by atoms with Crippen molar-refractivity contribution in [1.29, 1.82) is 0 Å². The summed E-state index contributed by atoms with van der Waals surface area (Å²) in [5.41, 5.74) is 6.29. The molecule has 0 radical (unpaired) electrons.